The van der Waals surface area contributed by atoms with Crippen LogP contribution in [0.25, 0.3) is 11.5 Å². The van der Waals surface area contributed by atoms with Gasteiger partial charge < -0.3 is 14.5 Å². The van der Waals surface area contributed by atoms with E-state index in [9.17, 15) is 9.59 Å². The van der Waals surface area contributed by atoms with Crippen molar-refractivity contribution in [2.75, 3.05) is 13.2 Å². The molecule has 0 radical (unpaired) electrons. The van der Waals surface area contributed by atoms with Crippen molar-refractivity contribution < 1.29 is 13.9 Å². The number of nitrogens with zero attached hydrogens (tertiary/aromatic N) is 2. The normalized spacial score (nSPS) is 10.8. The fraction of sp³-hybridized carbons (Fsp3) is 0.286. The van der Waals surface area contributed by atoms with Gasteiger partial charge in [-0.1, -0.05) is 26.0 Å². The van der Waals surface area contributed by atoms with E-state index in [0.29, 0.717) is 23.1 Å². The second kappa shape index (κ2) is 9.03. The number of rotatable bonds is 8. The number of amides is 1. The molecule has 0 aliphatic heterocycles. The molecule has 2 aromatic heterocycles. The van der Waals surface area contributed by atoms with E-state index in [4.69, 9.17) is 9.15 Å². The lowest BCUT2D eigenvalue weighted by Gasteiger charge is -2.10. The van der Waals surface area contributed by atoms with Crippen LogP contribution in [0.1, 0.15) is 25.3 Å². The van der Waals surface area contributed by atoms with Gasteiger partial charge in [-0.3, -0.25) is 9.59 Å². The highest BCUT2D eigenvalue weighted by Crippen LogP contribution is 2.18. The Kier molecular flexibility index (Phi) is 6.26. The van der Waals surface area contributed by atoms with Gasteiger partial charge in [0.25, 0.3) is 11.5 Å². The first-order valence-corrected chi connectivity index (χ1v) is 9.14. The van der Waals surface area contributed by atoms with Crippen LogP contribution in [0.15, 0.2) is 64.0 Å². The van der Waals surface area contributed by atoms with E-state index >= 15 is 0 Å². The molecular weight excluding hydrogens is 358 g/mol. The summed E-state index contributed by atoms with van der Waals surface area (Å²) in [5.41, 5.74) is 1.53. The summed E-state index contributed by atoms with van der Waals surface area (Å²) in [7, 11) is 0. The molecule has 0 bridgehead atoms. The quantitative estimate of drug-likeness (QED) is 0.648. The number of nitrogens with one attached hydrogen (secondary N) is 1. The summed E-state index contributed by atoms with van der Waals surface area (Å²) < 4.78 is 12.1. The van der Waals surface area contributed by atoms with Gasteiger partial charge in [-0.25, -0.2) is 4.68 Å². The van der Waals surface area contributed by atoms with Gasteiger partial charge >= 0.3 is 0 Å². The van der Waals surface area contributed by atoms with Crippen molar-refractivity contribution >= 4 is 5.91 Å². The summed E-state index contributed by atoms with van der Waals surface area (Å²) in [6.07, 6.45) is 1.54. The van der Waals surface area contributed by atoms with E-state index in [0.717, 1.165) is 0 Å². The van der Waals surface area contributed by atoms with Gasteiger partial charge in [-0.15, -0.1) is 0 Å². The van der Waals surface area contributed by atoms with Crippen LogP contribution in [-0.2, 0) is 11.3 Å². The summed E-state index contributed by atoms with van der Waals surface area (Å²) in [4.78, 5) is 23.9. The second-order valence-corrected chi connectivity index (χ2v) is 6.62. The molecule has 0 fully saturated rings. The molecule has 146 valence electrons. The number of carbonyl (C=O) groups excluding carboxylic acids is 1. The average molecular weight is 381 g/mol. The van der Waals surface area contributed by atoms with E-state index in [1.165, 1.54) is 16.3 Å². The molecule has 2 heterocycles. The Balaban J connectivity index is 1.47. The van der Waals surface area contributed by atoms with E-state index < -0.39 is 0 Å². The number of aromatic nitrogens is 2. The maximum Gasteiger partial charge on any atom is 0.266 e. The first-order valence-electron chi connectivity index (χ1n) is 9.14. The van der Waals surface area contributed by atoms with Crippen LogP contribution in [0.3, 0.4) is 0 Å². The van der Waals surface area contributed by atoms with Crippen molar-refractivity contribution in [3.05, 3.63) is 70.7 Å². The molecule has 0 aliphatic carbocycles. The SMILES string of the molecule is CC(C)c1ccc(OCC(=O)NCCn2nc(-c3ccco3)ccc2=O)cc1. The highest BCUT2D eigenvalue weighted by atomic mass is 16.5. The lowest BCUT2D eigenvalue weighted by molar-refractivity contribution is -0.123. The van der Waals surface area contributed by atoms with Gasteiger partial charge in [0.05, 0.1) is 12.8 Å². The fourth-order valence-corrected chi connectivity index (χ4v) is 2.61. The van der Waals surface area contributed by atoms with Crippen molar-refractivity contribution in [2.24, 2.45) is 0 Å². The molecule has 0 spiro atoms. The monoisotopic (exact) mass is 381 g/mol. The molecule has 0 saturated heterocycles. The molecule has 0 aliphatic rings. The molecule has 0 atom stereocenters. The summed E-state index contributed by atoms with van der Waals surface area (Å²) in [6.45, 7) is 4.67. The van der Waals surface area contributed by atoms with Gasteiger partial charge in [0.2, 0.25) is 0 Å². The highest BCUT2D eigenvalue weighted by Gasteiger charge is 2.07. The number of furan rings is 1. The van der Waals surface area contributed by atoms with Crippen LogP contribution in [0.2, 0.25) is 0 Å². The number of carbonyl (C=O) groups is 1. The number of ether oxygens (including phenoxy) is 1. The molecule has 1 N–H and O–H groups in total. The maximum absolute atomic E-state index is 12.0. The van der Waals surface area contributed by atoms with Crippen molar-refractivity contribution in [1.82, 2.24) is 15.1 Å². The molecule has 3 aromatic rings. The van der Waals surface area contributed by atoms with Crippen LogP contribution in [-0.4, -0.2) is 28.8 Å². The lowest BCUT2D eigenvalue weighted by atomic mass is 10.0. The third-order valence-electron chi connectivity index (χ3n) is 4.20. The minimum absolute atomic E-state index is 0.0875. The predicted molar refractivity (Wildman–Crippen MR) is 105 cm³/mol. The molecule has 7 heteroatoms. The predicted octanol–water partition coefficient (Wildman–Crippen LogP) is 2.82. The first kappa shape index (κ1) is 19.4. The first-order chi connectivity index (χ1) is 13.5. The molecule has 1 amide bonds. The minimum Gasteiger partial charge on any atom is -0.484 e. The lowest BCUT2D eigenvalue weighted by Crippen LogP contribution is -2.34. The maximum atomic E-state index is 12.0. The second-order valence-electron chi connectivity index (χ2n) is 6.62. The molecule has 28 heavy (non-hydrogen) atoms. The van der Waals surface area contributed by atoms with Crippen molar-refractivity contribution in [3.8, 4) is 17.2 Å². The largest absolute Gasteiger partial charge is 0.484 e. The van der Waals surface area contributed by atoms with Gasteiger partial charge in [0, 0.05) is 12.6 Å². The van der Waals surface area contributed by atoms with Gasteiger partial charge in [0.15, 0.2) is 12.4 Å². The zero-order valence-corrected chi connectivity index (χ0v) is 15.9. The zero-order chi connectivity index (χ0) is 19.9. The highest BCUT2D eigenvalue weighted by molar-refractivity contribution is 5.77. The van der Waals surface area contributed by atoms with Crippen LogP contribution >= 0.6 is 0 Å². The topological polar surface area (TPSA) is 86.4 Å². The molecule has 7 nitrogen and oxygen atoms in total. The summed E-state index contributed by atoms with van der Waals surface area (Å²) in [6, 6.07) is 14.2. The van der Waals surface area contributed by atoms with E-state index in [1.807, 2.05) is 24.3 Å². The van der Waals surface area contributed by atoms with Crippen molar-refractivity contribution in [2.45, 2.75) is 26.3 Å². The van der Waals surface area contributed by atoms with Crippen LogP contribution in [0.4, 0.5) is 0 Å². The van der Waals surface area contributed by atoms with Gasteiger partial charge in [0.1, 0.15) is 11.4 Å². The zero-order valence-electron chi connectivity index (χ0n) is 15.9. The number of hydrogen-bond donors (Lipinski definition) is 1. The molecule has 0 unspecified atom stereocenters. The number of hydrogen-bond acceptors (Lipinski definition) is 5. The Morgan fingerprint density at radius 2 is 1.96 bits per heavy atom. The summed E-state index contributed by atoms with van der Waals surface area (Å²) >= 11 is 0. The molecular formula is C21H23N3O4. The average Bonchev–Trinajstić information content (AvgIpc) is 3.23. The van der Waals surface area contributed by atoms with Crippen molar-refractivity contribution in [3.63, 3.8) is 0 Å². The smallest absolute Gasteiger partial charge is 0.266 e. The minimum atomic E-state index is -0.261. The van der Waals surface area contributed by atoms with Gasteiger partial charge in [-0.05, 0) is 41.8 Å². The summed E-state index contributed by atoms with van der Waals surface area (Å²) in [5.74, 6) is 1.40. The Labute approximate surface area is 162 Å². The molecule has 1 aromatic carbocycles. The molecule has 0 saturated carbocycles. The summed E-state index contributed by atoms with van der Waals surface area (Å²) in [5, 5.41) is 6.98. The third kappa shape index (κ3) is 5.09. The van der Waals surface area contributed by atoms with Crippen LogP contribution < -0.4 is 15.6 Å². The fourth-order valence-electron chi connectivity index (χ4n) is 2.61. The Morgan fingerprint density at radius 3 is 2.64 bits per heavy atom. The molecule has 3 rings (SSSR count). The Bertz CT molecular complexity index is 960. The third-order valence-corrected chi connectivity index (χ3v) is 4.20. The van der Waals surface area contributed by atoms with E-state index in [-0.39, 0.29) is 31.2 Å². The Hall–Kier alpha value is -3.35. The Morgan fingerprint density at radius 1 is 1.18 bits per heavy atom. The van der Waals surface area contributed by atoms with E-state index in [1.54, 1.807) is 24.5 Å². The number of benzene rings is 1. The van der Waals surface area contributed by atoms with Crippen LogP contribution in [0, 0.1) is 0 Å². The van der Waals surface area contributed by atoms with Crippen molar-refractivity contribution in [1.29, 1.82) is 0 Å². The van der Waals surface area contributed by atoms with E-state index in [2.05, 4.69) is 24.3 Å². The standard InChI is InChI=1S/C21H23N3O4/c1-15(2)16-5-7-17(8-6-16)28-14-20(25)22-11-12-24-21(26)10-9-18(23-24)19-4-3-13-27-19/h3-10,13,15H,11-12,14H2,1-2H3,(H,22,25). The van der Waals surface area contributed by atoms with Gasteiger partial charge in [-0.2, -0.15) is 5.10 Å². The van der Waals surface area contributed by atoms with Crippen LogP contribution in [0.5, 0.6) is 5.75 Å².